The van der Waals surface area contributed by atoms with Gasteiger partial charge in [0.2, 0.25) is 5.89 Å². The van der Waals surface area contributed by atoms with E-state index in [4.69, 9.17) is 9.15 Å². The highest BCUT2D eigenvalue weighted by molar-refractivity contribution is 5.54. The van der Waals surface area contributed by atoms with Crippen LogP contribution in [0.4, 0.5) is 11.7 Å². The largest absolute Gasteiger partial charge is 0.491 e. The fourth-order valence-corrected chi connectivity index (χ4v) is 1.67. The highest BCUT2D eigenvalue weighted by atomic mass is 16.5. The fourth-order valence-electron chi connectivity index (χ4n) is 1.67. The summed E-state index contributed by atoms with van der Waals surface area (Å²) in [4.78, 5) is 0. The maximum atomic E-state index is 5.79. The molecule has 2 N–H and O–H groups in total. The van der Waals surface area contributed by atoms with Gasteiger partial charge in [-0.25, -0.2) is 0 Å². The Morgan fingerprint density at radius 1 is 1.29 bits per heavy atom. The fraction of sp³-hybridized carbons (Fsp3) is 0.467. The van der Waals surface area contributed by atoms with Crippen LogP contribution in [0.2, 0.25) is 0 Å². The minimum absolute atomic E-state index is 0.0214. The van der Waals surface area contributed by atoms with Crippen LogP contribution in [0.3, 0.4) is 0 Å². The van der Waals surface area contributed by atoms with Gasteiger partial charge in [0, 0.05) is 11.8 Å². The zero-order chi connectivity index (χ0) is 15.2. The first-order valence-corrected chi connectivity index (χ1v) is 7.16. The smallest absolute Gasteiger partial charge is 0.320 e. The van der Waals surface area contributed by atoms with Gasteiger partial charge in [0.15, 0.2) is 0 Å². The Hall–Kier alpha value is -2.08. The minimum Gasteiger partial charge on any atom is -0.491 e. The van der Waals surface area contributed by atoms with Crippen molar-refractivity contribution >= 4 is 11.7 Å². The molecule has 2 aromatic rings. The second kappa shape index (κ2) is 7.08. The molecule has 0 fully saturated rings. The topological polar surface area (TPSA) is 72.2 Å². The van der Waals surface area contributed by atoms with Gasteiger partial charge in [-0.1, -0.05) is 18.1 Å². The molecule has 1 aromatic carbocycles. The molecule has 114 valence electrons. The van der Waals surface area contributed by atoms with Gasteiger partial charge in [0.25, 0.3) is 0 Å². The average molecular weight is 290 g/mol. The molecule has 1 heterocycles. The monoisotopic (exact) mass is 290 g/mol. The molecule has 0 spiro atoms. The summed E-state index contributed by atoms with van der Waals surface area (Å²) in [7, 11) is 1.84. The molecule has 6 nitrogen and oxygen atoms in total. The molecule has 0 aliphatic heterocycles. The van der Waals surface area contributed by atoms with Crippen LogP contribution in [0, 0.1) is 0 Å². The maximum absolute atomic E-state index is 5.79. The van der Waals surface area contributed by atoms with Crippen LogP contribution in [0.15, 0.2) is 28.7 Å². The van der Waals surface area contributed by atoms with Crippen molar-refractivity contribution in [2.45, 2.75) is 39.3 Å². The Labute approximate surface area is 124 Å². The first-order chi connectivity index (χ1) is 10.1. The van der Waals surface area contributed by atoms with Crippen LogP contribution < -0.4 is 15.4 Å². The summed E-state index contributed by atoms with van der Waals surface area (Å²) in [6.45, 7) is 6.09. The molecule has 0 bridgehead atoms. The van der Waals surface area contributed by atoms with E-state index in [1.54, 1.807) is 0 Å². The number of ether oxygens (including phenoxy) is 1. The number of nitrogens with zero attached hydrogens (tertiary/aromatic N) is 2. The van der Waals surface area contributed by atoms with E-state index in [0.717, 1.165) is 17.9 Å². The lowest BCUT2D eigenvalue weighted by Gasteiger charge is -2.13. The Kier molecular flexibility index (Phi) is 5.16. The second-order valence-corrected chi connectivity index (χ2v) is 4.95. The van der Waals surface area contributed by atoms with Crippen molar-refractivity contribution in [3.8, 4) is 5.75 Å². The van der Waals surface area contributed by atoms with Crippen molar-refractivity contribution in [3.05, 3.63) is 30.2 Å². The van der Waals surface area contributed by atoms with Gasteiger partial charge in [0.1, 0.15) is 5.75 Å². The van der Waals surface area contributed by atoms with Crippen molar-refractivity contribution in [1.82, 2.24) is 15.5 Å². The van der Waals surface area contributed by atoms with Gasteiger partial charge in [-0.3, -0.25) is 0 Å². The van der Waals surface area contributed by atoms with E-state index in [0.29, 0.717) is 11.9 Å². The zero-order valence-electron chi connectivity index (χ0n) is 12.9. The molecular formula is C15H22N4O2. The standard InChI is InChI=1S/C15H22N4O2/c1-5-10(2)20-13-8-6-7-12(9-13)17-15-19-18-14(21-15)11(3)16-4/h6-11,16H,5H2,1-4H3,(H,17,19). The van der Waals surface area contributed by atoms with E-state index < -0.39 is 0 Å². The van der Waals surface area contributed by atoms with Gasteiger partial charge in [-0.2, -0.15) is 0 Å². The molecular weight excluding hydrogens is 268 g/mol. The minimum atomic E-state index is 0.0214. The third kappa shape index (κ3) is 4.19. The summed E-state index contributed by atoms with van der Waals surface area (Å²) in [5, 5.41) is 14.1. The van der Waals surface area contributed by atoms with E-state index >= 15 is 0 Å². The third-order valence-corrected chi connectivity index (χ3v) is 3.24. The zero-order valence-corrected chi connectivity index (χ0v) is 12.9. The lowest BCUT2D eigenvalue weighted by atomic mass is 10.3. The molecule has 2 unspecified atom stereocenters. The Balaban J connectivity index is 2.05. The number of anilines is 2. The van der Waals surface area contributed by atoms with Crippen molar-refractivity contribution in [2.75, 3.05) is 12.4 Å². The summed E-state index contributed by atoms with van der Waals surface area (Å²) in [6, 6.07) is 8.08. The summed E-state index contributed by atoms with van der Waals surface area (Å²) in [6.07, 6.45) is 1.15. The summed E-state index contributed by atoms with van der Waals surface area (Å²) >= 11 is 0. The molecule has 2 atom stereocenters. The molecule has 1 aromatic heterocycles. The van der Waals surface area contributed by atoms with Gasteiger partial charge in [-0.15, -0.1) is 5.10 Å². The molecule has 0 saturated carbocycles. The van der Waals surface area contributed by atoms with E-state index in [-0.39, 0.29) is 12.1 Å². The summed E-state index contributed by atoms with van der Waals surface area (Å²) in [5.74, 6) is 1.37. The lowest BCUT2D eigenvalue weighted by molar-refractivity contribution is 0.217. The molecule has 21 heavy (non-hydrogen) atoms. The number of nitrogens with one attached hydrogen (secondary N) is 2. The van der Waals surface area contributed by atoms with E-state index in [1.165, 1.54) is 0 Å². The van der Waals surface area contributed by atoms with Crippen molar-refractivity contribution in [1.29, 1.82) is 0 Å². The van der Waals surface area contributed by atoms with Crippen LogP contribution >= 0.6 is 0 Å². The van der Waals surface area contributed by atoms with Crippen LogP contribution in [-0.2, 0) is 0 Å². The lowest BCUT2D eigenvalue weighted by Crippen LogP contribution is -2.12. The summed E-state index contributed by atoms with van der Waals surface area (Å²) in [5.41, 5.74) is 0.850. The molecule has 2 rings (SSSR count). The number of aromatic nitrogens is 2. The normalized spacial score (nSPS) is 13.7. The van der Waals surface area contributed by atoms with Gasteiger partial charge in [-0.05, 0) is 39.4 Å². The van der Waals surface area contributed by atoms with Crippen molar-refractivity contribution in [3.63, 3.8) is 0 Å². The number of benzene rings is 1. The van der Waals surface area contributed by atoms with E-state index in [2.05, 4.69) is 27.8 Å². The predicted octanol–water partition coefficient (Wildman–Crippen LogP) is 3.27. The number of hydrogen-bond donors (Lipinski definition) is 2. The quantitative estimate of drug-likeness (QED) is 0.815. The molecule has 0 radical (unpaired) electrons. The molecule has 0 aliphatic rings. The summed E-state index contributed by atoms with van der Waals surface area (Å²) < 4.78 is 11.3. The highest BCUT2D eigenvalue weighted by Crippen LogP contribution is 2.23. The first-order valence-electron chi connectivity index (χ1n) is 7.16. The van der Waals surface area contributed by atoms with E-state index in [9.17, 15) is 0 Å². The SMILES string of the molecule is CCC(C)Oc1cccc(Nc2nnc(C(C)NC)o2)c1. The molecule has 0 amide bonds. The number of hydrogen-bond acceptors (Lipinski definition) is 6. The third-order valence-electron chi connectivity index (χ3n) is 3.24. The molecule has 0 aliphatic carbocycles. The Morgan fingerprint density at radius 2 is 2.10 bits per heavy atom. The number of rotatable bonds is 7. The van der Waals surface area contributed by atoms with Crippen LogP contribution in [0.5, 0.6) is 5.75 Å². The van der Waals surface area contributed by atoms with Crippen LogP contribution in [0.25, 0.3) is 0 Å². The predicted molar refractivity (Wildman–Crippen MR) is 81.9 cm³/mol. The molecule has 0 saturated heterocycles. The van der Waals surface area contributed by atoms with Crippen molar-refractivity contribution < 1.29 is 9.15 Å². The highest BCUT2D eigenvalue weighted by Gasteiger charge is 2.12. The van der Waals surface area contributed by atoms with Crippen molar-refractivity contribution in [2.24, 2.45) is 0 Å². The first kappa shape index (κ1) is 15.3. The van der Waals surface area contributed by atoms with Crippen LogP contribution in [0.1, 0.15) is 39.1 Å². The maximum Gasteiger partial charge on any atom is 0.320 e. The molecule has 6 heteroatoms. The van der Waals surface area contributed by atoms with Gasteiger partial charge in [0.05, 0.1) is 12.1 Å². The Bertz CT molecular complexity index is 570. The second-order valence-electron chi connectivity index (χ2n) is 4.95. The Morgan fingerprint density at radius 3 is 2.81 bits per heavy atom. The van der Waals surface area contributed by atoms with Gasteiger partial charge < -0.3 is 19.8 Å². The average Bonchev–Trinajstić information content (AvgIpc) is 2.95. The van der Waals surface area contributed by atoms with Crippen LogP contribution in [-0.4, -0.2) is 23.3 Å². The van der Waals surface area contributed by atoms with E-state index in [1.807, 2.05) is 45.2 Å². The van der Waals surface area contributed by atoms with Gasteiger partial charge >= 0.3 is 6.01 Å².